The second-order valence-corrected chi connectivity index (χ2v) is 8.16. The van der Waals surface area contributed by atoms with E-state index in [9.17, 15) is 4.79 Å². The predicted octanol–water partition coefficient (Wildman–Crippen LogP) is 3.00. The van der Waals surface area contributed by atoms with Crippen LogP contribution in [0.2, 0.25) is 0 Å². The Morgan fingerprint density at radius 2 is 1.48 bits per heavy atom. The number of hydrogen-bond donors (Lipinski definition) is 0. The van der Waals surface area contributed by atoms with Crippen molar-refractivity contribution in [2.75, 3.05) is 6.61 Å². The van der Waals surface area contributed by atoms with E-state index in [2.05, 4.69) is 0 Å². The van der Waals surface area contributed by atoms with Gasteiger partial charge in [-0.05, 0) is 55.8 Å². The van der Waals surface area contributed by atoms with Crippen LogP contribution in [-0.2, 0) is 19.3 Å². The molecule has 2 spiro atoms. The smallest absolute Gasteiger partial charge is 0.202 e. The van der Waals surface area contributed by atoms with E-state index >= 15 is 0 Å². The quantitative estimate of drug-likeness (QED) is 0.644. The Bertz CT molecular complexity index is 421. The van der Waals surface area contributed by atoms with Gasteiger partial charge < -0.3 is 4.74 Å². The Labute approximate surface area is 125 Å². The molecule has 6 aliphatic rings. The molecule has 1 aliphatic heterocycles. The Hall–Kier alpha value is -0.450. The molecule has 4 heteroatoms. The highest BCUT2D eigenvalue weighted by Gasteiger charge is 2.62. The predicted molar refractivity (Wildman–Crippen MR) is 74.1 cm³/mol. The van der Waals surface area contributed by atoms with E-state index in [4.69, 9.17) is 14.5 Å². The third-order valence-corrected chi connectivity index (χ3v) is 7.00. The van der Waals surface area contributed by atoms with Gasteiger partial charge in [0.05, 0.1) is 6.61 Å². The molecule has 116 valence electrons. The largest absolute Gasteiger partial charge is 0.344 e. The molecule has 0 aromatic rings. The van der Waals surface area contributed by atoms with Crippen LogP contribution >= 0.6 is 0 Å². The van der Waals surface area contributed by atoms with Gasteiger partial charge >= 0.3 is 0 Å². The summed E-state index contributed by atoms with van der Waals surface area (Å²) in [5.41, 5.74) is -0.180. The summed E-state index contributed by atoms with van der Waals surface area (Å²) in [7, 11) is 0. The number of ketones is 1. The maximum atomic E-state index is 11.4. The van der Waals surface area contributed by atoms with Crippen LogP contribution in [0.1, 0.15) is 57.8 Å². The Morgan fingerprint density at radius 3 is 2.00 bits per heavy atom. The van der Waals surface area contributed by atoms with Crippen molar-refractivity contribution in [3.63, 3.8) is 0 Å². The zero-order valence-electron chi connectivity index (χ0n) is 12.5. The molecular weight excluding hydrogens is 268 g/mol. The lowest BCUT2D eigenvalue weighted by molar-refractivity contribution is -0.537. The number of ether oxygens (including phenoxy) is 1. The standard InChI is InChI=1S/C17H24O4/c18-15-1-3-16(4-2-15)19-10-17(21-20-16)13-6-11-5-12(8-13)9-14(17)7-11/h11-14H,1-10H2. The average molecular weight is 292 g/mol. The molecule has 6 fully saturated rings. The minimum Gasteiger partial charge on any atom is -0.344 e. The fraction of sp³-hybridized carbons (Fsp3) is 0.941. The summed E-state index contributed by atoms with van der Waals surface area (Å²) >= 11 is 0. The van der Waals surface area contributed by atoms with Gasteiger partial charge in [0.25, 0.3) is 0 Å². The normalized spacial score (nSPS) is 51.0. The molecule has 0 aromatic heterocycles. The van der Waals surface area contributed by atoms with E-state index in [-0.39, 0.29) is 5.60 Å². The van der Waals surface area contributed by atoms with Crippen LogP contribution < -0.4 is 0 Å². The van der Waals surface area contributed by atoms with Crippen molar-refractivity contribution >= 4 is 5.78 Å². The first kappa shape index (κ1) is 13.0. The number of hydrogen-bond acceptors (Lipinski definition) is 4. The lowest BCUT2D eigenvalue weighted by atomic mass is 9.50. The summed E-state index contributed by atoms with van der Waals surface area (Å²) in [6, 6.07) is 0. The molecule has 4 nitrogen and oxygen atoms in total. The van der Waals surface area contributed by atoms with Gasteiger partial charge in [-0.15, -0.1) is 0 Å². The fourth-order valence-corrected chi connectivity index (χ4v) is 5.94. The van der Waals surface area contributed by atoms with E-state index in [0.29, 0.717) is 49.9 Å². The van der Waals surface area contributed by atoms with Crippen molar-refractivity contribution in [3.05, 3.63) is 0 Å². The van der Waals surface area contributed by atoms with Crippen molar-refractivity contribution in [1.82, 2.24) is 0 Å². The minimum atomic E-state index is -0.631. The molecular formula is C17H24O4. The average Bonchev–Trinajstić information content (AvgIpc) is 2.49. The summed E-state index contributed by atoms with van der Waals surface area (Å²) in [6.07, 6.45) is 9.06. The SMILES string of the molecule is O=C1CCC2(CC1)OCC1(OO2)C2CC3CC(C2)CC1C3. The molecule has 1 heterocycles. The van der Waals surface area contributed by atoms with Gasteiger partial charge in [0.15, 0.2) is 0 Å². The zero-order chi connectivity index (χ0) is 14.1. The Morgan fingerprint density at radius 1 is 0.857 bits per heavy atom. The summed E-state index contributed by atoms with van der Waals surface area (Å²) in [5.74, 6) is 2.78. The summed E-state index contributed by atoms with van der Waals surface area (Å²) in [5, 5.41) is 0. The highest BCUT2D eigenvalue weighted by Crippen LogP contribution is 2.61. The van der Waals surface area contributed by atoms with Gasteiger partial charge in [-0.25, -0.2) is 9.78 Å². The van der Waals surface area contributed by atoms with E-state index in [1.807, 2.05) is 0 Å². The lowest BCUT2D eigenvalue weighted by Gasteiger charge is -2.62. The monoisotopic (exact) mass is 292 g/mol. The van der Waals surface area contributed by atoms with Crippen molar-refractivity contribution in [2.24, 2.45) is 23.7 Å². The van der Waals surface area contributed by atoms with Gasteiger partial charge in [0.1, 0.15) is 11.4 Å². The number of rotatable bonds is 0. The molecule has 0 unspecified atom stereocenters. The molecule has 5 saturated carbocycles. The van der Waals surface area contributed by atoms with Crippen LogP contribution in [-0.4, -0.2) is 23.8 Å². The fourth-order valence-electron chi connectivity index (χ4n) is 5.94. The van der Waals surface area contributed by atoms with E-state index in [1.54, 1.807) is 0 Å². The van der Waals surface area contributed by atoms with Gasteiger partial charge in [-0.1, -0.05) is 0 Å². The Balaban J connectivity index is 1.35. The molecule has 0 amide bonds. The number of carbonyl (C=O) groups excluding carboxylic acids is 1. The highest BCUT2D eigenvalue weighted by atomic mass is 17.2. The lowest BCUT2D eigenvalue weighted by Crippen LogP contribution is -2.65. The molecule has 21 heavy (non-hydrogen) atoms. The highest BCUT2D eigenvalue weighted by molar-refractivity contribution is 5.79. The van der Waals surface area contributed by atoms with Crippen LogP contribution in [0.15, 0.2) is 0 Å². The molecule has 4 bridgehead atoms. The van der Waals surface area contributed by atoms with Crippen LogP contribution in [0.5, 0.6) is 0 Å². The third-order valence-electron chi connectivity index (χ3n) is 7.00. The molecule has 0 atom stereocenters. The maximum absolute atomic E-state index is 11.4. The first-order valence-electron chi connectivity index (χ1n) is 8.70. The molecule has 5 aliphatic carbocycles. The van der Waals surface area contributed by atoms with Crippen molar-refractivity contribution in [2.45, 2.75) is 69.2 Å². The molecule has 0 N–H and O–H groups in total. The summed E-state index contributed by atoms with van der Waals surface area (Å²) in [6.45, 7) is 0.677. The summed E-state index contributed by atoms with van der Waals surface area (Å²) in [4.78, 5) is 23.4. The van der Waals surface area contributed by atoms with Crippen LogP contribution in [0.25, 0.3) is 0 Å². The molecule has 0 radical (unpaired) electrons. The van der Waals surface area contributed by atoms with Crippen molar-refractivity contribution in [1.29, 1.82) is 0 Å². The Kier molecular flexibility index (Phi) is 2.67. The minimum absolute atomic E-state index is 0.180. The van der Waals surface area contributed by atoms with Crippen LogP contribution in [0.4, 0.5) is 0 Å². The first-order valence-corrected chi connectivity index (χ1v) is 8.70. The topological polar surface area (TPSA) is 44.8 Å². The van der Waals surface area contributed by atoms with E-state index in [0.717, 1.165) is 11.8 Å². The molecule has 0 aromatic carbocycles. The van der Waals surface area contributed by atoms with E-state index < -0.39 is 5.79 Å². The zero-order valence-corrected chi connectivity index (χ0v) is 12.5. The van der Waals surface area contributed by atoms with Gasteiger partial charge in [-0.2, -0.15) is 0 Å². The van der Waals surface area contributed by atoms with Crippen molar-refractivity contribution in [3.8, 4) is 0 Å². The van der Waals surface area contributed by atoms with Gasteiger partial charge in [-0.3, -0.25) is 4.79 Å². The van der Waals surface area contributed by atoms with Gasteiger partial charge in [0, 0.05) is 25.7 Å². The summed E-state index contributed by atoms with van der Waals surface area (Å²) < 4.78 is 6.24. The van der Waals surface area contributed by atoms with E-state index in [1.165, 1.54) is 32.1 Å². The number of Topliss-reactive ketones (excluding diaryl/α,β-unsaturated/α-hetero) is 1. The van der Waals surface area contributed by atoms with Crippen LogP contribution in [0.3, 0.4) is 0 Å². The second-order valence-electron chi connectivity index (χ2n) is 8.16. The van der Waals surface area contributed by atoms with Gasteiger partial charge in [0.2, 0.25) is 5.79 Å². The molecule has 1 saturated heterocycles. The second kappa shape index (κ2) is 4.30. The van der Waals surface area contributed by atoms with Crippen molar-refractivity contribution < 1.29 is 19.3 Å². The third kappa shape index (κ3) is 1.82. The van der Waals surface area contributed by atoms with Crippen LogP contribution in [0, 0.1) is 23.7 Å². The molecule has 6 rings (SSSR count). The first-order chi connectivity index (χ1) is 10.2. The maximum Gasteiger partial charge on any atom is 0.202 e. The number of carbonyl (C=O) groups is 1.